The van der Waals surface area contributed by atoms with Crippen molar-refractivity contribution >= 4 is 11.6 Å². The molecule has 1 aromatic rings. The molecule has 6 nitrogen and oxygen atoms in total. The van der Waals surface area contributed by atoms with Crippen molar-refractivity contribution in [2.24, 2.45) is 5.92 Å². The minimum absolute atomic E-state index is 0.0415. The molecule has 4 N–H and O–H groups in total. The fourth-order valence-corrected chi connectivity index (χ4v) is 1.30. The molecule has 0 spiro atoms. The van der Waals surface area contributed by atoms with Crippen molar-refractivity contribution in [1.29, 1.82) is 0 Å². The number of rotatable bonds is 5. The maximum atomic E-state index is 11.8. The summed E-state index contributed by atoms with van der Waals surface area (Å²) >= 11 is 0. The zero-order valence-electron chi connectivity index (χ0n) is 9.78. The van der Waals surface area contributed by atoms with Crippen LogP contribution >= 0.6 is 0 Å². The average Bonchev–Trinajstić information content (AvgIpc) is 2.63. The summed E-state index contributed by atoms with van der Waals surface area (Å²) in [5.41, 5.74) is 6.22. The zero-order chi connectivity index (χ0) is 12.1. The number of ether oxygens (including phenoxy) is 1. The first-order valence-corrected chi connectivity index (χ1v) is 5.15. The quantitative estimate of drug-likeness (QED) is 0.677. The number of nitrogens with two attached hydrogens (primary N) is 1. The highest BCUT2D eigenvalue weighted by Crippen LogP contribution is 2.08. The summed E-state index contributed by atoms with van der Waals surface area (Å²) in [6.45, 7) is 4.50. The second-order valence-corrected chi connectivity index (χ2v) is 3.98. The molecule has 0 bridgehead atoms. The van der Waals surface area contributed by atoms with Crippen molar-refractivity contribution in [2.75, 3.05) is 19.5 Å². The van der Waals surface area contributed by atoms with Gasteiger partial charge in [0.25, 0.3) is 5.91 Å². The van der Waals surface area contributed by atoms with Gasteiger partial charge in [0.05, 0.1) is 24.5 Å². The van der Waals surface area contributed by atoms with E-state index in [1.165, 1.54) is 6.20 Å². The van der Waals surface area contributed by atoms with Gasteiger partial charge in [-0.15, -0.1) is 0 Å². The molecule has 0 aliphatic heterocycles. The lowest BCUT2D eigenvalue weighted by Crippen LogP contribution is -2.42. The number of H-pyrrole nitrogens is 1. The maximum Gasteiger partial charge on any atom is 0.271 e. The van der Waals surface area contributed by atoms with Gasteiger partial charge in [-0.25, -0.2) is 0 Å². The number of hydrogen-bond acceptors (Lipinski definition) is 4. The number of nitrogens with zero attached hydrogens (tertiary/aromatic N) is 1. The average molecular weight is 226 g/mol. The molecule has 16 heavy (non-hydrogen) atoms. The van der Waals surface area contributed by atoms with E-state index in [1.54, 1.807) is 7.11 Å². The predicted molar refractivity (Wildman–Crippen MR) is 61.0 cm³/mol. The van der Waals surface area contributed by atoms with Gasteiger partial charge in [0, 0.05) is 7.11 Å². The van der Waals surface area contributed by atoms with Gasteiger partial charge in [0.2, 0.25) is 0 Å². The molecule has 1 rings (SSSR count). The number of hydrogen-bond donors (Lipinski definition) is 3. The Hall–Kier alpha value is -1.56. The molecule has 0 saturated carbocycles. The highest BCUT2D eigenvalue weighted by molar-refractivity contribution is 5.97. The molecule has 1 heterocycles. The monoisotopic (exact) mass is 226 g/mol. The van der Waals surface area contributed by atoms with E-state index in [4.69, 9.17) is 10.5 Å². The van der Waals surface area contributed by atoms with Crippen molar-refractivity contribution < 1.29 is 9.53 Å². The number of methoxy groups -OCH3 is 1. The fraction of sp³-hybridized carbons (Fsp3) is 0.600. The zero-order valence-corrected chi connectivity index (χ0v) is 9.78. The number of anilines is 1. The summed E-state index contributed by atoms with van der Waals surface area (Å²) in [4.78, 5) is 11.8. The van der Waals surface area contributed by atoms with Crippen molar-refractivity contribution in [3.05, 3.63) is 11.9 Å². The minimum Gasteiger partial charge on any atom is -0.396 e. The van der Waals surface area contributed by atoms with E-state index in [0.717, 1.165) is 0 Å². The predicted octanol–water partition coefficient (Wildman–Crippen LogP) is 0.393. The van der Waals surface area contributed by atoms with E-state index in [-0.39, 0.29) is 17.9 Å². The normalized spacial score (nSPS) is 12.8. The molecule has 1 amide bonds. The standard InChI is InChI=1S/C10H18N4O2/c1-6(2)8(5-16-3)13-10(15)9-7(11)4-12-14-9/h4,6,8H,5,11H2,1-3H3,(H,12,14)(H,13,15). The Morgan fingerprint density at radius 2 is 2.38 bits per heavy atom. The van der Waals surface area contributed by atoms with Gasteiger partial charge in [-0.05, 0) is 5.92 Å². The Morgan fingerprint density at radius 1 is 1.69 bits per heavy atom. The molecule has 1 unspecified atom stereocenters. The molecule has 0 aromatic carbocycles. The lowest BCUT2D eigenvalue weighted by Gasteiger charge is -2.21. The van der Waals surface area contributed by atoms with Gasteiger partial charge in [-0.3, -0.25) is 9.89 Å². The van der Waals surface area contributed by atoms with Crippen LogP contribution in [-0.4, -0.2) is 35.9 Å². The van der Waals surface area contributed by atoms with Crippen LogP contribution in [0.15, 0.2) is 6.20 Å². The minimum atomic E-state index is -0.259. The summed E-state index contributed by atoms with van der Waals surface area (Å²) in [5, 5.41) is 9.11. The molecule has 1 aromatic heterocycles. The van der Waals surface area contributed by atoms with E-state index in [0.29, 0.717) is 18.0 Å². The van der Waals surface area contributed by atoms with Crippen LogP contribution in [0, 0.1) is 5.92 Å². The smallest absolute Gasteiger partial charge is 0.271 e. The number of nitrogens with one attached hydrogen (secondary N) is 2. The molecule has 0 aliphatic rings. The van der Waals surface area contributed by atoms with E-state index in [1.807, 2.05) is 13.8 Å². The van der Waals surface area contributed by atoms with Gasteiger partial charge >= 0.3 is 0 Å². The summed E-state index contributed by atoms with van der Waals surface area (Å²) in [7, 11) is 1.60. The number of carbonyl (C=O) groups is 1. The van der Waals surface area contributed by atoms with Crippen LogP contribution in [0.5, 0.6) is 0 Å². The first kappa shape index (κ1) is 12.5. The lowest BCUT2D eigenvalue weighted by atomic mass is 10.1. The van der Waals surface area contributed by atoms with Crippen LogP contribution in [0.1, 0.15) is 24.3 Å². The number of nitrogen functional groups attached to an aromatic ring is 1. The Labute approximate surface area is 94.5 Å². The third kappa shape index (κ3) is 2.96. The molecule has 1 atom stereocenters. The van der Waals surface area contributed by atoms with Crippen molar-refractivity contribution in [1.82, 2.24) is 15.5 Å². The first-order valence-electron chi connectivity index (χ1n) is 5.15. The van der Waals surface area contributed by atoms with Crippen molar-refractivity contribution in [2.45, 2.75) is 19.9 Å². The van der Waals surface area contributed by atoms with E-state index in [9.17, 15) is 4.79 Å². The SMILES string of the molecule is COCC(NC(=O)c1[nH]ncc1N)C(C)C. The molecule has 0 fully saturated rings. The first-order chi connectivity index (χ1) is 7.56. The van der Waals surface area contributed by atoms with Crippen LogP contribution in [0.4, 0.5) is 5.69 Å². The highest BCUT2D eigenvalue weighted by atomic mass is 16.5. The Bertz CT molecular complexity index is 348. The van der Waals surface area contributed by atoms with Crippen LogP contribution in [0.2, 0.25) is 0 Å². The van der Waals surface area contributed by atoms with E-state index < -0.39 is 0 Å². The molecule has 90 valence electrons. The van der Waals surface area contributed by atoms with Crippen LogP contribution in [0.25, 0.3) is 0 Å². The summed E-state index contributed by atoms with van der Waals surface area (Å²) in [6.07, 6.45) is 1.41. The summed E-state index contributed by atoms with van der Waals surface area (Å²) < 4.78 is 5.04. The van der Waals surface area contributed by atoms with Crippen molar-refractivity contribution in [3.8, 4) is 0 Å². The third-order valence-electron chi connectivity index (χ3n) is 2.36. The number of carbonyl (C=O) groups excluding carboxylic acids is 1. The topological polar surface area (TPSA) is 93.0 Å². The van der Waals surface area contributed by atoms with Crippen LogP contribution in [-0.2, 0) is 4.74 Å². The fourth-order valence-electron chi connectivity index (χ4n) is 1.30. The molecule has 0 aliphatic carbocycles. The maximum absolute atomic E-state index is 11.8. The number of aromatic nitrogens is 2. The molecule has 6 heteroatoms. The van der Waals surface area contributed by atoms with Crippen molar-refractivity contribution in [3.63, 3.8) is 0 Å². The molecular formula is C10H18N4O2. The summed E-state index contributed by atoms with van der Waals surface area (Å²) in [5.74, 6) is 0.0267. The second kappa shape index (κ2) is 5.50. The second-order valence-electron chi connectivity index (χ2n) is 3.98. The van der Waals surface area contributed by atoms with E-state index >= 15 is 0 Å². The molecule has 0 saturated heterocycles. The highest BCUT2D eigenvalue weighted by Gasteiger charge is 2.19. The summed E-state index contributed by atoms with van der Waals surface area (Å²) in [6, 6.07) is -0.0415. The van der Waals surface area contributed by atoms with Gasteiger partial charge < -0.3 is 15.8 Å². The molecule has 0 radical (unpaired) electrons. The number of aromatic amines is 1. The van der Waals surface area contributed by atoms with Gasteiger partial charge in [-0.2, -0.15) is 5.10 Å². The Kier molecular flexibility index (Phi) is 4.30. The Balaban J connectivity index is 2.65. The third-order valence-corrected chi connectivity index (χ3v) is 2.36. The van der Waals surface area contributed by atoms with Gasteiger partial charge in [0.15, 0.2) is 0 Å². The van der Waals surface area contributed by atoms with Gasteiger partial charge in [-0.1, -0.05) is 13.8 Å². The Morgan fingerprint density at radius 3 is 2.81 bits per heavy atom. The lowest BCUT2D eigenvalue weighted by molar-refractivity contribution is 0.0862. The van der Waals surface area contributed by atoms with E-state index in [2.05, 4.69) is 15.5 Å². The molecular weight excluding hydrogens is 208 g/mol. The van der Waals surface area contributed by atoms with Gasteiger partial charge in [0.1, 0.15) is 5.69 Å². The van der Waals surface area contributed by atoms with Crippen LogP contribution in [0.3, 0.4) is 0 Å². The largest absolute Gasteiger partial charge is 0.396 e. The van der Waals surface area contributed by atoms with Crippen LogP contribution < -0.4 is 11.1 Å². The number of amides is 1.